The summed E-state index contributed by atoms with van der Waals surface area (Å²) in [6.07, 6.45) is 0. The summed E-state index contributed by atoms with van der Waals surface area (Å²) < 4.78 is 24.1. The number of nitrogens with zero attached hydrogens (tertiary/aromatic N) is 1. The highest BCUT2D eigenvalue weighted by Gasteiger charge is 2.06. The Morgan fingerprint density at radius 3 is 2.12 bits per heavy atom. The summed E-state index contributed by atoms with van der Waals surface area (Å²) in [6, 6.07) is 10.9. The maximum Gasteiger partial charge on any atom is 0.191 e. The molecule has 6 heteroatoms. The van der Waals surface area contributed by atoms with Crippen LogP contribution < -0.4 is 20.1 Å². The maximum atomic E-state index is 13.6. The number of ether oxygens (including phenoxy) is 2. The quantitative estimate of drug-likeness (QED) is 0.624. The van der Waals surface area contributed by atoms with Crippen LogP contribution in [0.4, 0.5) is 4.39 Å². The molecule has 2 aromatic rings. The topological polar surface area (TPSA) is 54.9 Å². The lowest BCUT2D eigenvalue weighted by molar-refractivity contribution is 0.354. The molecule has 0 atom stereocenters. The van der Waals surface area contributed by atoms with E-state index in [0.717, 1.165) is 11.1 Å². The third-order valence-corrected chi connectivity index (χ3v) is 3.83. The van der Waals surface area contributed by atoms with Gasteiger partial charge in [0, 0.05) is 20.1 Å². The van der Waals surface area contributed by atoms with Crippen LogP contribution in [0, 0.1) is 12.7 Å². The molecule has 0 radical (unpaired) electrons. The molecule has 0 fully saturated rings. The van der Waals surface area contributed by atoms with E-state index in [1.165, 1.54) is 6.07 Å². The molecule has 0 unspecified atom stereocenters. The van der Waals surface area contributed by atoms with Crippen molar-refractivity contribution in [2.75, 3.05) is 21.3 Å². The molecule has 0 aliphatic heterocycles. The fourth-order valence-corrected chi connectivity index (χ4v) is 2.33. The van der Waals surface area contributed by atoms with E-state index in [-0.39, 0.29) is 5.82 Å². The standard InChI is InChI=1S/C19H24FN3O2/c1-13-5-6-14(9-16(13)20)11-22-19(21-2)23-12-15-7-8-17(24-3)18(10-15)25-4/h5-10H,11-12H2,1-4H3,(H2,21,22,23). The van der Waals surface area contributed by atoms with Crippen LogP contribution in [0.25, 0.3) is 0 Å². The van der Waals surface area contributed by atoms with Gasteiger partial charge in [-0.25, -0.2) is 4.39 Å². The van der Waals surface area contributed by atoms with Crippen LogP contribution in [-0.4, -0.2) is 27.2 Å². The molecule has 5 nitrogen and oxygen atoms in total. The fourth-order valence-electron chi connectivity index (χ4n) is 2.33. The average Bonchev–Trinajstić information content (AvgIpc) is 2.64. The lowest BCUT2D eigenvalue weighted by atomic mass is 10.1. The first-order chi connectivity index (χ1) is 12.1. The highest BCUT2D eigenvalue weighted by atomic mass is 19.1. The molecule has 0 heterocycles. The van der Waals surface area contributed by atoms with Gasteiger partial charge in [0.2, 0.25) is 0 Å². The Labute approximate surface area is 147 Å². The highest BCUT2D eigenvalue weighted by Crippen LogP contribution is 2.27. The van der Waals surface area contributed by atoms with Crippen molar-refractivity contribution >= 4 is 5.96 Å². The summed E-state index contributed by atoms with van der Waals surface area (Å²) in [4.78, 5) is 4.18. The molecule has 0 aliphatic rings. The number of nitrogens with one attached hydrogen (secondary N) is 2. The van der Waals surface area contributed by atoms with Gasteiger partial charge in [0.05, 0.1) is 14.2 Å². The number of hydrogen-bond donors (Lipinski definition) is 2. The fraction of sp³-hybridized carbons (Fsp3) is 0.316. The van der Waals surface area contributed by atoms with Crippen LogP contribution in [0.1, 0.15) is 16.7 Å². The molecular formula is C19H24FN3O2. The second-order valence-electron chi connectivity index (χ2n) is 5.55. The lowest BCUT2D eigenvalue weighted by Crippen LogP contribution is -2.36. The minimum Gasteiger partial charge on any atom is -0.493 e. The molecule has 0 amide bonds. The van der Waals surface area contributed by atoms with E-state index >= 15 is 0 Å². The molecule has 0 saturated carbocycles. The SMILES string of the molecule is CN=C(NCc1ccc(C)c(F)c1)NCc1ccc(OC)c(OC)c1. The Balaban J connectivity index is 1.93. The van der Waals surface area contributed by atoms with Crippen LogP contribution >= 0.6 is 0 Å². The van der Waals surface area contributed by atoms with Crippen molar-refractivity contribution in [3.8, 4) is 11.5 Å². The van der Waals surface area contributed by atoms with E-state index in [0.29, 0.717) is 36.1 Å². The Kier molecular flexibility index (Phi) is 6.62. The van der Waals surface area contributed by atoms with Crippen molar-refractivity contribution in [2.24, 2.45) is 4.99 Å². The van der Waals surface area contributed by atoms with Gasteiger partial charge in [-0.3, -0.25) is 4.99 Å². The molecule has 25 heavy (non-hydrogen) atoms. The monoisotopic (exact) mass is 345 g/mol. The third kappa shape index (κ3) is 5.11. The van der Waals surface area contributed by atoms with Gasteiger partial charge in [-0.1, -0.05) is 18.2 Å². The molecular weight excluding hydrogens is 321 g/mol. The first kappa shape index (κ1) is 18.6. The van der Waals surface area contributed by atoms with Crippen LogP contribution in [0.2, 0.25) is 0 Å². The maximum absolute atomic E-state index is 13.6. The van der Waals surface area contributed by atoms with Gasteiger partial charge in [0.1, 0.15) is 5.82 Å². The zero-order chi connectivity index (χ0) is 18.2. The number of halogens is 1. The van der Waals surface area contributed by atoms with Crippen molar-refractivity contribution in [3.63, 3.8) is 0 Å². The summed E-state index contributed by atoms with van der Waals surface area (Å²) in [5.41, 5.74) is 2.53. The first-order valence-corrected chi connectivity index (χ1v) is 7.97. The predicted octanol–water partition coefficient (Wildman–Crippen LogP) is 3.02. The van der Waals surface area contributed by atoms with Gasteiger partial charge in [0.15, 0.2) is 17.5 Å². The van der Waals surface area contributed by atoms with Gasteiger partial charge < -0.3 is 20.1 Å². The summed E-state index contributed by atoms with van der Waals surface area (Å²) in [5.74, 6) is 1.80. The third-order valence-electron chi connectivity index (χ3n) is 3.83. The first-order valence-electron chi connectivity index (χ1n) is 7.97. The Morgan fingerprint density at radius 2 is 1.56 bits per heavy atom. The Bertz CT molecular complexity index is 747. The number of benzene rings is 2. The predicted molar refractivity (Wildman–Crippen MR) is 97.7 cm³/mol. The van der Waals surface area contributed by atoms with E-state index < -0.39 is 0 Å². The smallest absolute Gasteiger partial charge is 0.191 e. The molecule has 134 valence electrons. The summed E-state index contributed by atoms with van der Waals surface area (Å²) in [5, 5.41) is 6.39. The zero-order valence-corrected chi connectivity index (χ0v) is 15.0. The van der Waals surface area contributed by atoms with E-state index in [9.17, 15) is 4.39 Å². The van der Waals surface area contributed by atoms with E-state index in [1.54, 1.807) is 34.3 Å². The van der Waals surface area contributed by atoms with Gasteiger partial charge in [-0.2, -0.15) is 0 Å². The van der Waals surface area contributed by atoms with E-state index in [4.69, 9.17) is 9.47 Å². The average molecular weight is 345 g/mol. The van der Waals surface area contributed by atoms with Crippen LogP contribution in [0.3, 0.4) is 0 Å². The molecule has 2 N–H and O–H groups in total. The minimum absolute atomic E-state index is 0.201. The Hall–Kier alpha value is -2.76. The van der Waals surface area contributed by atoms with Crippen LogP contribution in [-0.2, 0) is 13.1 Å². The van der Waals surface area contributed by atoms with Gasteiger partial charge >= 0.3 is 0 Å². The molecule has 0 aromatic heterocycles. The zero-order valence-electron chi connectivity index (χ0n) is 15.0. The molecule has 2 aromatic carbocycles. The van der Waals surface area contributed by atoms with Crippen LogP contribution in [0.15, 0.2) is 41.4 Å². The lowest BCUT2D eigenvalue weighted by Gasteiger charge is -2.14. The van der Waals surface area contributed by atoms with E-state index in [1.807, 2.05) is 24.3 Å². The van der Waals surface area contributed by atoms with Crippen molar-refractivity contribution < 1.29 is 13.9 Å². The highest BCUT2D eigenvalue weighted by molar-refractivity contribution is 5.79. The molecule has 0 saturated heterocycles. The molecule has 0 spiro atoms. The van der Waals surface area contributed by atoms with Gasteiger partial charge in [-0.05, 0) is 41.8 Å². The van der Waals surface area contributed by atoms with Crippen LogP contribution in [0.5, 0.6) is 11.5 Å². The number of methoxy groups -OCH3 is 2. The minimum atomic E-state index is -0.201. The second-order valence-corrected chi connectivity index (χ2v) is 5.55. The number of aryl methyl sites for hydroxylation is 1. The second kappa shape index (κ2) is 8.92. The molecule has 0 aliphatic carbocycles. The van der Waals surface area contributed by atoms with Gasteiger partial charge in [0.25, 0.3) is 0 Å². The summed E-state index contributed by atoms with van der Waals surface area (Å²) >= 11 is 0. The van der Waals surface area contributed by atoms with Gasteiger partial charge in [-0.15, -0.1) is 0 Å². The molecule has 0 bridgehead atoms. The van der Waals surface area contributed by atoms with Crippen molar-refractivity contribution in [1.82, 2.24) is 10.6 Å². The van der Waals surface area contributed by atoms with E-state index in [2.05, 4.69) is 15.6 Å². The largest absolute Gasteiger partial charge is 0.493 e. The van der Waals surface area contributed by atoms with Crippen molar-refractivity contribution in [1.29, 1.82) is 0 Å². The van der Waals surface area contributed by atoms with Crippen molar-refractivity contribution in [3.05, 3.63) is 58.9 Å². The normalized spacial score (nSPS) is 11.2. The number of guanidine groups is 1. The molecule has 2 rings (SSSR count). The Morgan fingerprint density at radius 1 is 0.960 bits per heavy atom. The number of aliphatic imine (C=N–C) groups is 1. The number of rotatable bonds is 6. The summed E-state index contributed by atoms with van der Waals surface area (Å²) in [7, 11) is 4.91. The summed E-state index contributed by atoms with van der Waals surface area (Å²) in [6.45, 7) is 2.81. The van der Waals surface area contributed by atoms with Crippen molar-refractivity contribution in [2.45, 2.75) is 20.0 Å². The number of hydrogen-bond acceptors (Lipinski definition) is 3.